The van der Waals surface area contributed by atoms with Gasteiger partial charge in [-0.1, -0.05) is 13.3 Å². The summed E-state index contributed by atoms with van der Waals surface area (Å²) in [5.74, 6) is -1.71. The fraction of sp³-hybridized carbons (Fsp3) is 0.846. The number of hydrogen-bond donors (Lipinski definition) is 1. The van der Waals surface area contributed by atoms with E-state index in [2.05, 4.69) is 0 Å². The zero-order valence-corrected chi connectivity index (χ0v) is 11.8. The average molecular weight is 308 g/mol. The van der Waals surface area contributed by atoms with Crippen LogP contribution in [0, 0.1) is 5.92 Å². The maximum Gasteiger partial charge on any atom is 0.406 e. The maximum atomic E-state index is 12.3. The van der Waals surface area contributed by atoms with Crippen LogP contribution >= 0.6 is 0 Å². The predicted molar refractivity (Wildman–Crippen MR) is 67.2 cm³/mol. The van der Waals surface area contributed by atoms with Crippen LogP contribution in [0.3, 0.4) is 0 Å². The summed E-state index contributed by atoms with van der Waals surface area (Å²) in [6, 6.07) is 0. The van der Waals surface area contributed by atoms with E-state index in [0.29, 0.717) is 11.3 Å². The van der Waals surface area contributed by atoms with Crippen molar-refractivity contribution in [3.05, 3.63) is 0 Å². The highest BCUT2D eigenvalue weighted by Gasteiger charge is 2.47. The van der Waals surface area contributed by atoms with E-state index in [0.717, 1.165) is 6.42 Å². The van der Waals surface area contributed by atoms with Gasteiger partial charge in [-0.05, 0) is 6.42 Å². The molecule has 1 atom stereocenters. The van der Waals surface area contributed by atoms with Gasteiger partial charge >= 0.3 is 6.18 Å². The Kier molecular flexibility index (Phi) is 4.19. The van der Waals surface area contributed by atoms with Crippen molar-refractivity contribution in [2.45, 2.75) is 38.0 Å². The van der Waals surface area contributed by atoms with Crippen LogP contribution < -0.4 is 0 Å². The molecule has 2 fully saturated rings. The van der Waals surface area contributed by atoms with E-state index in [-0.39, 0.29) is 32.0 Å². The second-order valence-corrected chi connectivity index (χ2v) is 5.96. The highest BCUT2D eigenvalue weighted by Crippen LogP contribution is 2.30. The van der Waals surface area contributed by atoms with Crippen LogP contribution in [0.15, 0.2) is 0 Å². The van der Waals surface area contributed by atoms with Crippen LogP contribution in [0.5, 0.6) is 0 Å². The van der Waals surface area contributed by atoms with Crippen molar-refractivity contribution in [1.29, 1.82) is 0 Å². The van der Waals surface area contributed by atoms with Gasteiger partial charge in [0.25, 0.3) is 0 Å². The van der Waals surface area contributed by atoms with Crippen LogP contribution in [-0.2, 0) is 9.59 Å². The molecule has 5 nitrogen and oxygen atoms in total. The van der Waals surface area contributed by atoms with Gasteiger partial charge in [0.15, 0.2) is 0 Å². The van der Waals surface area contributed by atoms with Crippen molar-refractivity contribution >= 4 is 11.8 Å². The highest BCUT2D eigenvalue weighted by atomic mass is 19.4. The van der Waals surface area contributed by atoms with Gasteiger partial charge in [0, 0.05) is 13.0 Å². The lowest BCUT2D eigenvalue weighted by Crippen LogP contribution is -2.64. The molecule has 120 valence electrons. The highest BCUT2D eigenvalue weighted by molar-refractivity contribution is 5.89. The quantitative estimate of drug-likeness (QED) is 0.834. The number of alkyl halides is 3. The third-order valence-corrected chi connectivity index (χ3v) is 3.93. The van der Waals surface area contributed by atoms with Gasteiger partial charge in [0.2, 0.25) is 11.8 Å². The zero-order valence-electron chi connectivity index (χ0n) is 11.8. The second-order valence-electron chi connectivity index (χ2n) is 5.96. The number of amides is 2. The molecule has 0 spiro atoms. The molecule has 2 aliphatic heterocycles. The van der Waals surface area contributed by atoms with Gasteiger partial charge in [-0.15, -0.1) is 0 Å². The normalized spacial score (nSPS) is 25.2. The van der Waals surface area contributed by atoms with E-state index in [4.69, 9.17) is 0 Å². The molecule has 0 radical (unpaired) electrons. The smallest absolute Gasteiger partial charge is 0.386 e. The third-order valence-electron chi connectivity index (χ3n) is 3.93. The molecule has 2 rings (SSSR count). The molecule has 2 amide bonds. The van der Waals surface area contributed by atoms with Crippen molar-refractivity contribution in [3.63, 3.8) is 0 Å². The van der Waals surface area contributed by atoms with Crippen molar-refractivity contribution in [2.75, 3.05) is 26.2 Å². The predicted octanol–water partition coefficient (Wildman–Crippen LogP) is 0.771. The Bertz CT molecular complexity index is 433. The number of carbonyl (C=O) groups is 2. The SMILES string of the molecule is CCCC1(O)CN(C(=O)C2CC(=O)N(CC(F)(F)F)C2)C1. The minimum absolute atomic E-state index is 0.183. The summed E-state index contributed by atoms with van der Waals surface area (Å²) in [4.78, 5) is 25.8. The maximum absolute atomic E-state index is 12.3. The fourth-order valence-electron chi connectivity index (χ4n) is 3.01. The summed E-state index contributed by atoms with van der Waals surface area (Å²) in [6.07, 6.45) is -3.26. The van der Waals surface area contributed by atoms with Crippen LogP contribution in [-0.4, -0.2) is 64.7 Å². The van der Waals surface area contributed by atoms with Gasteiger partial charge in [0.1, 0.15) is 6.54 Å². The van der Waals surface area contributed by atoms with E-state index in [9.17, 15) is 27.9 Å². The van der Waals surface area contributed by atoms with Crippen LogP contribution in [0.4, 0.5) is 13.2 Å². The first kappa shape index (κ1) is 16.1. The van der Waals surface area contributed by atoms with E-state index < -0.39 is 30.1 Å². The lowest BCUT2D eigenvalue weighted by atomic mass is 9.88. The van der Waals surface area contributed by atoms with Crippen LogP contribution in [0.25, 0.3) is 0 Å². The number of rotatable bonds is 4. The van der Waals surface area contributed by atoms with Gasteiger partial charge in [-0.2, -0.15) is 13.2 Å². The molecular weight excluding hydrogens is 289 g/mol. The molecule has 1 unspecified atom stereocenters. The summed E-state index contributed by atoms with van der Waals surface area (Å²) in [7, 11) is 0. The largest absolute Gasteiger partial charge is 0.406 e. The number of aliphatic hydroxyl groups is 1. The molecular formula is C13H19F3N2O3. The van der Waals surface area contributed by atoms with Crippen molar-refractivity contribution in [2.24, 2.45) is 5.92 Å². The minimum atomic E-state index is -4.45. The standard InChI is InChI=1S/C13H19F3N2O3/c1-2-3-12(21)6-18(7-12)11(20)9-4-10(19)17(5-9)8-13(14,15)16/h9,21H,2-8H2,1H3. The molecule has 2 aliphatic rings. The zero-order chi connectivity index (χ0) is 15.8. The van der Waals surface area contributed by atoms with E-state index in [1.807, 2.05) is 6.92 Å². The van der Waals surface area contributed by atoms with E-state index in [1.54, 1.807) is 0 Å². The molecule has 2 saturated heterocycles. The number of nitrogens with zero attached hydrogens (tertiary/aromatic N) is 2. The van der Waals surface area contributed by atoms with Crippen LogP contribution in [0.2, 0.25) is 0 Å². The second kappa shape index (κ2) is 5.47. The monoisotopic (exact) mass is 308 g/mol. The molecule has 0 saturated carbocycles. The first-order valence-corrected chi connectivity index (χ1v) is 6.99. The number of hydrogen-bond acceptors (Lipinski definition) is 3. The fourth-order valence-corrected chi connectivity index (χ4v) is 3.01. The molecule has 0 aromatic rings. The Morgan fingerprint density at radius 2 is 2.05 bits per heavy atom. The van der Waals surface area contributed by atoms with Crippen molar-refractivity contribution in [1.82, 2.24) is 9.80 Å². The number of halogens is 3. The number of likely N-dealkylation sites (tertiary alicyclic amines) is 2. The molecule has 0 aromatic carbocycles. The topological polar surface area (TPSA) is 60.9 Å². The minimum Gasteiger partial charge on any atom is -0.386 e. The van der Waals surface area contributed by atoms with Gasteiger partial charge in [-0.3, -0.25) is 9.59 Å². The first-order chi connectivity index (χ1) is 9.63. The molecule has 8 heteroatoms. The Labute approximate surface area is 120 Å². The molecule has 1 N–H and O–H groups in total. The first-order valence-electron chi connectivity index (χ1n) is 6.99. The molecule has 0 aromatic heterocycles. The van der Waals surface area contributed by atoms with Crippen molar-refractivity contribution in [3.8, 4) is 0 Å². The lowest BCUT2D eigenvalue weighted by Gasteiger charge is -2.47. The average Bonchev–Trinajstić information content (AvgIpc) is 2.65. The summed E-state index contributed by atoms with van der Waals surface area (Å²) >= 11 is 0. The summed E-state index contributed by atoms with van der Waals surface area (Å²) in [6.45, 7) is 0.815. The lowest BCUT2D eigenvalue weighted by molar-refractivity contribution is -0.162. The third kappa shape index (κ3) is 3.66. The van der Waals surface area contributed by atoms with Gasteiger partial charge < -0.3 is 14.9 Å². The van der Waals surface area contributed by atoms with E-state index in [1.165, 1.54) is 4.90 Å². The Morgan fingerprint density at radius 1 is 1.43 bits per heavy atom. The van der Waals surface area contributed by atoms with Crippen molar-refractivity contribution < 1.29 is 27.9 Å². The molecule has 0 aliphatic carbocycles. The van der Waals surface area contributed by atoms with Gasteiger partial charge in [0.05, 0.1) is 24.6 Å². The van der Waals surface area contributed by atoms with Gasteiger partial charge in [-0.25, -0.2) is 0 Å². The summed E-state index contributed by atoms with van der Waals surface area (Å²) in [5, 5.41) is 10.0. The number of carbonyl (C=O) groups excluding carboxylic acids is 2. The number of β-amino-alcohol motifs (C(OH)–C–C–N with tert-alkyl or cyclic N) is 1. The van der Waals surface area contributed by atoms with E-state index >= 15 is 0 Å². The Hall–Kier alpha value is -1.31. The van der Waals surface area contributed by atoms with Crippen LogP contribution in [0.1, 0.15) is 26.2 Å². The molecule has 0 bridgehead atoms. The summed E-state index contributed by atoms with van der Waals surface area (Å²) < 4.78 is 36.9. The Balaban J connectivity index is 1.87. The Morgan fingerprint density at radius 3 is 2.57 bits per heavy atom. The summed E-state index contributed by atoms with van der Waals surface area (Å²) in [5.41, 5.74) is -0.876. The molecule has 21 heavy (non-hydrogen) atoms. The molecule has 2 heterocycles.